The molecule has 0 radical (unpaired) electrons. The van der Waals surface area contributed by atoms with Gasteiger partial charge in [-0.05, 0) is 18.2 Å². The number of aromatic carboxylic acids is 1. The quantitative estimate of drug-likeness (QED) is 0.743. The van der Waals surface area contributed by atoms with E-state index < -0.39 is 15.8 Å². The summed E-state index contributed by atoms with van der Waals surface area (Å²) in [5.41, 5.74) is -0.0809. The number of carbonyl (C=O) groups is 2. The van der Waals surface area contributed by atoms with Crippen LogP contribution in [0.3, 0.4) is 0 Å². The maximum atomic E-state index is 11.3. The SMILES string of the molecule is CS(=O)(=O)c1cc(NC=O)cc(C(=O)O)c1. The Balaban J connectivity index is 3.41. The van der Waals surface area contributed by atoms with Crippen LogP contribution in [0.25, 0.3) is 0 Å². The first kappa shape index (κ1) is 12.2. The molecule has 0 aromatic heterocycles. The molecule has 1 aromatic rings. The first-order valence-corrected chi connectivity index (χ1v) is 6.02. The summed E-state index contributed by atoms with van der Waals surface area (Å²) in [7, 11) is -3.52. The summed E-state index contributed by atoms with van der Waals surface area (Å²) >= 11 is 0. The van der Waals surface area contributed by atoms with E-state index in [9.17, 15) is 18.0 Å². The van der Waals surface area contributed by atoms with Crippen LogP contribution in [0.4, 0.5) is 5.69 Å². The number of hydrogen-bond acceptors (Lipinski definition) is 4. The van der Waals surface area contributed by atoms with Gasteiger partial charge in [0, 0.05) is 11.9 Å². The largest absolute Gasteiger partial charge is 0.478 e. The number of carbonyl (C=O) groups excluding carboxylic acids is 1. The Bertz CT molecular complexity index is 535. The number of carboxylic acid groups (broad SMARTS) is 1. The summed E-state index contributed by atoms with van der Waals surface area (Å²) in [5, 5.41) is 11.0. The van der Waals surface area contributed by atoms with E-state index >= 15 is 0 Å². The van der Waals surface area contributed by atoms with Crippen LogP contribution < -0.4 is 5.32 Å². The van der Waals surface area contributed by atoms with Gasteiger partial charge < -0.3 is 10.4 Å². The van der Waals surface area contributed by atoms with Crippen molar-refractivity contribution in [2.45, 2.75) is 4.90 Å². The third kappa shape index (κ3) is 2.80. The second-order valence-electron chi connectivity index (χ2n) is 3.09. The van der Waals surface area contributed by atoms with Gasteiger partial charge in [0.1, 0.15) is 0 Å². The highest BCUT2D eigenvalue weighted by Crippen LogP contribution is 2.18. The number of nitrogens with one attached hydrogen (secondary N) is 1. The van der Waals surface area contributed by atoms with Crippen molar-refractivity contribution in [3.8, 4) is 0 Å². The predicted molar refractivity (Wildman–Crippen MR) is 56.2 cm³/mol. The Morgan fingerprint density at radius 3 is 2.44 bits per heavy atom. The normalized spacial score (nSPS) is 10.8. The molecule has 0 aliphatic carbocycles. The maximum Gasteiger partial charge on any atom is 0.335 e. The lowest BCUT2D eigenvalue weighted by Gasteiger charge is -2.05. The molecule has 7 heteroatoms. The van der Waals surface area contributed by atoms with Crippen molar-refractivity contribution in [3.63, 3.8) is 0 Å². The summed E-state index contributed by atoms with van der Waals surface area (Å²) in [5.74, 6) is -1.26. The van der Waals surface area contributed by atoms with Gasteiger partial charge in [0.15, 0.2) is 9.84 Å². The van der Waals surface area contributed by atoms with Gasteiger partial charge in [-0.15, -0.1) is 0 Å². The number of sulfone groups is 1. The Labute approximate surface area is 91.8 Å². The highest BCUT2D eigenvalue weighted by atomic mass is 32.2. The van der Waals surface area contributed by atoms with Crippen molar-refractivity contribution in [1.29, 1.82) is 0 Å². The Kier molecular flexibility index (Phi) is 3.28. The summed E-state index contributed by atoms with van der Waals surface area (Å²) in [6, 6.07) is 3.40. The number of rotatable bonds is 4. The lowest BCUT2D eigenvalue weighted by atomic mass is 10.2. The molecule has 16 heavy (non-hydrogen) atoms. The second-order valence-corrected chi connectivity index (χ2v) is 5.10. The van der Waals surface area contributed by atoms with Crippen LogP contribution in [0, 0.1) is 0 Å². The van der Waals surface area contributed by atoms with Gasteiger partial charge in [-0.25, -0.2) is 13.2 Å². The fourth-order valence-electron chi connectivity index (χ4n) is 1.09. The van der Waals surface area contributed by atoms with Gasteiger partial charge in [0.25, 0.3) is 0 Å². The molecule has 6 nitrogen and oxygen atoms in total. The molecular weight excluding hydrogens is 234 g/mol. The molecule has 0 fully saturated rings. The molecule has 0 saturated carbocycles. The predicted octanol–water partition coefficient (Wildman–Crippen LogP) is 0.357. The zero-order valence-corrected chi connectivity index (χ0v) is 9.11. The molecule has 0 heterocycles. The standard InChI is InChI=1S/C9H9NO5S/c1-16(14,15)8-3-6(9(12)13)2-7(4-8)10-5-11/h2-5H,1H3,(H,10,11)(H,12,13). The number of carboxylic acids is 1. The van der Waals surface area contributed by atoms with Crippen molar-refractivity contribution >= 4 is 27.9 Å². The highest BCUT2D eigenvalue weighted by Gasteiger charge is 2.13. The summed E-state index contributed by atoms with van der Waals surface area (Å²) in [6.07, 6.45) is 1.30. The van der Waals surface area contributed by atoms with Crippen molar-refractivity contribution in [1.82, 2.24) is 0 Å². The van der Waals surface area contributed by atoms with E-state index in [1.807, 2.05) is 0 Å². The molecule has 0 atom stereocenters. The zero-order chi connectivity index (χ0) is 12.3. The summed E-state index contributed by atoms with van der Waals surface area (Å²) < 4.78 is 22.5. The van der Waals surface area contributed by atoms with Crippen LogP contribution in [-0.4, -0.2) is 32.2 Å². The average Bonchev–Trinajstić information content (AvgIpc) is 2.16. The zero-order valence-electron chi connectivity index (χ0n) is 8.30. The third-order valence-electron chi connectivity index (χ3n) is 1.81. The van der Waals surface area contributed by atoms with E-state index in [0.717, 1.165) is 12.3 Å². The van der Waals surface area contributed by atoms with E-state index in [1.165, 1.54) is 12.1 Å². The first-order chi connectivity index (χ1) is 7.34. The number of benzene rings is 1. The molecule has 1 aromatic carbocycles. The molecule has 0 unspecified atom stereocenters. The van der Waals surface area contributed by atoms with Crippen molar-refractivity contribution in [2.75, 3.05) is 11.6 Å². The third-order valence-corrected chi connectivity index (χ3v) is 2.90. The van der Waals surface area contributed by atoms with Gasteiger partial charge in [-0.3, -0.25) is 4.79 Å². The molecule has 1 amide bonds. The minimum Gasteiger partial charge on any atom is -0.478 e. The van der Waals surface area contributed by atoms with E-state index in [-0.39, 0.29) is 16.1 Å². The van der Waals surface area contributed by atoms with Crippen LogP contribution >= 0.6 is 0 Å². The van der Waals surface area contributed by atoms with Crippen LogP contribution in [-0.2, 0) is 14.6 Å². The fraction of sp³-hybridized carbons (Fsp3) is 0.111. The molecule has 0 bridgehead atoms. The molecule has 1 rings (SSSR count). The van der Waals surface area contributed by atoms with Crippen LogP contribution in [0.1, 0.15) is 10.4 Å². The van der Waals surface area contributed by atoms with E-state index in [4.69, 9.17) is 5.11 Å². The minimum absolute atomic E-state index is 0.121. The van der Waals surface area contributed by atoms with E-state index in [2.05, 4.69) is 5.32 Å². The fourth-order valence-corrected chi connectivity index (χ4v) is 1.77. The van der Waals surface area contributed by atoms with Gasteiger partial charge in [0.2, 0.25) is 6.41 Å². The topological polar surface area (TPSA) is 101 Å². The summed E-state index contributed by atoms with van der Waals surface area (Å²) in [6.45, 7) is 0. The number of anilines is 1. The minimum atomic E-state index is -3.52. The van der Waals surface area contributed by atoms with Crippen molar-refractivity contribution in [2.24, 2.45) is 0 Å². The molecule has 0 aliphatic rings. The average molecular weight is 243 g/mol. The molecule has 0 aliphatic heterocycles. The van der Waals surface area contributed by atoms with Gasteiger partial charge in [0.05, 0.1) is 10.5 Å². The Hall–Kier alpha value is -1.89. The van der Waals surface area contributed by atoms with E-state index in [1.54, 1.807) is 0 Å². The monoisotopic (exact) mass is 243 g/mol. The van der Waals surface area contributed by atoms with E-state index in [0.29, 0.717) is 6.41 Å². The van der Waals surface area contributed by atoms with Crippen LogP contribution in [0.15, 0.2) is 23.1 Å². The summed E-state index contributed by atoms with van der Waals surface area (Å²) in [4.78, 5) is 20.8. The first-order valence-electron chi connectivity index (χ1n) is 4.13. The Morgan fingerprint density at radius 2 is 2.00 bits per heavy atom. The molecule has 0 saturated heterocycles. The van der Waals surface area contributed by atoms with Crippen LogP contribution in [0.2, 0.25) is 0 Å². The van der Waals surface area contributed by atoms with Gasteiger partial charge in [-0.1, -0.05) is 0 Å². The van der Waals surface area contributed by atoms with Crippen molar-refractivity contribution < 1.29 is 23.1 Å². The molecule has 86 valence electrons. The molecule has 0 spiro atoms. The molecular formula is C9H9NO5S. The van der Waals surface area contributed by atoms with Gasteiger partial charge in [-0.2, -0.15) is 0 Å². The smallest absolute Gasteiger partial charge is 0.335 e. The van der Waals surface area contributed by atoms with Gasteiger partial charge >= 0.3 is 5.97 Å². The number of hydrogen-bond donors (Lipinski definition) is 2. The van der Waals surface area contributed by atoms with Crippen LogP contribution in [0.5, 0.6) is 0 Å². The second kappa shape index (κ2) is 4.31. The molecule has 2 N–H and O–H groups in total. The highest BCUT2D eigenvalue weighted by molar-refractivity contribution is 7.90. The number of amides is 1. The van der Waals surface area contributed by atoms with Crippen molar-refractivity contribution in [3.05, 3.63) is 23.8 Å². The lowest BCUT2D eigenvalue weighted by molar-refractivity contribution is -0.105. The maximum absolute atomic E-state index is 11.3. The lowest BCUT2D eigenvalue weighted by Crippen LogP contribution is -2.05. The Morgan fingerprint density at radius 1 is 1.38 bits per heavy atom.